The van der Waals surface area contributed by atoms with Crippen LogP contribution in [0.5, 0.6) is 0 Å². The molecular weight excluding hydrogens is 424 g/mol. The molecule has 0 atom stereocenters. The SMILES string of the molecule is Cc1cc2c3ccc(C(C)C)cc3n3c4cc(C5CCCCC5)cc5cc[n+](C)c(c(c1C)c23)c54. The molecule has 0 amide bonds. The van der Waals surface area contributed by atoms with Gasteiger partial charge in [-0.3, -0.25) is 0 Å². The molecule has 2 heteroatoms. The molecule has 1 aliphatic rings. The molecule has 0 N–H and O–H groups in total. The number of nitrogens with zero attached hydrogens (tertiary/aromatic N) is 2. The molecule has 3 heterocycles. The zero-order valence-corrected chi connectivity index (χ0v) is 21.7. The standard InChI is InChI=1S/C33H35N2/c1-19(2)23-11-12-26-27-15-20(3)21(4)30-32(27)35(28(26)17-23)29-18-25(22-9-7-6-8-10-22)16-24-13-14-34(5)33(30)31(24)29/h11-19,22H,6-10H2,1-5H3/q+1. The summed E-state index contributed by atoms with van der Waals surface area (Å²) >= 11 is 0. The summed E-state index contributed by atoms with van der Waals surface area (Å²) in [5.74, 6) is 1.20. The highest BCUT2D eigenvalue weighted by molar-refractivity contribution is 6.26. The van der Waals surface area contributed by atoms with E-state index in [4.69, 9.17) is 0 Å². The van der Waals surface area contributed by atoms with Gasteiger partial charge in [0.05, 0.1) is 27.3 Å². The minimum atomic E-state index is 0.510. The van der Waals surface area contributed by atoms with E-state index in [2.05, 4.69) is 92.4 Å². The Morgan fingerprint density at radius 1 is 0.857 bits per heavy atom. The third kappa shape index (κ3) is 2.86. The highest BCUT2D eigenvalue weighted by Crippen LogP contribution is 2.44. The van der Waals surface area contributed by atoms with Gasteiger partial charge in [-0.15, -0.1) is 0 Å². The molecule has 0 saturated heterocycles. The topological polar surface area (TPSA) is 8.29 Å². The van der Waals surface area contributed by atoms with Crippen LogP contribution < -0.4 is 4.57 Å². The Morgan fingerprint density at radius 3 is 2.43 bits per heavy atom. The van der Waals surface area contributed by atoms with Crippen molar-refractivity contribution in [2.75, 3.05) is 0 Å². The van der Waals surface area contributed by atoms with Crippen LogP contribution in [0, 0.1) is 13.8 Å². The lowest BCUT2D eigenvalue weighted by molar-refractivity contribution is -0.643. The first kappa shape index (κ1) is 21.2. The van der Waals surface area contributed by atoms with Gasteiger partial charge in [0.15, 0.2) is 6.20 Å². The maximum absolute atomic E-state index is 2.62. The van der Waals surface area contributed by atoms with Crippen molar-refractivity contribution < 1.29 is 4.57 Å². The lowest BCUT2D eigenvalue weighted by atomic mass is 9.83. The van der Waals surface area contributed by atoms with Gasteiger partial charge < -0.3 is 4.40 Å². The van der Waals surface area contributed by atoms with Gasteiger partial charge in [0, 0.05) is 16.8 Å². The first-order chi connectivity index (χ1) is 16.9. The molecule has 0 unspecified atom stereocenters. The molecule has 2 nitrogen and oxygen atoms in total. The number of fused-ring (bicyclic) bond motifs is 5. The van der Waals surface area contributed by atoms with E-state index in [0.717, 1.165) is 0 Å². The number of aromatic nitrogens is 2. The van der Waals surface area contributed by atoms with E-state index < -0.39 is 0 Å². The Kier molecular flexibility index (Phi) is 4.50. The van der Waals surface area contributed by atoms with Gasteiger partial charge in [0.2, 0.25) is 5.52 Å². The quantitative estimate of drug-likeness (QED) is 0.139. The lowest BCUT2D eigenvalue weighted by Crippen LogP contribution is -2.29. The van der Waals surface area contributed by atoms with E-state index >= 15 is 0 Å². The predicted molar refractivity (Wildman–Crippen MR) is 149 cm³/mol. The molecule has 0 aliphatic heterocycles. The van der Waals surface area contributed by atoms with Crippen molar-refractivity contribution in [1.29, 1.82) is 0 Å². The van der Waals surface area contributed by atoms with Crippen LogP contribution in [0.15, 0.2) is 48.7 Å². The van der Waals surface area contributed by atoms with E-state index in [1.54, 1.807) is 0 Å². The highest BCUT2D eigenvalue weighted by atomic mass is 15.0. The Balaban J connectivity index is 1.77. The third-order valence-electron chi connectivity index (χ3n) is 9.05. The van der Waals surface area contributed by atoms with Gasteiger partial charge in [-0.05, 0) is 84.4 Å². The predicted octanol–water partition coefficient (Wildman–Crippen LogP) is 8.60. The van der Waals surface area contributed by atoms with Gasteiger partial charge in [-0.2, -0.15) is 0 Å². The van der Waals surface area contributed by atoms with Crippen LogP contribution in [0.2, 0.25) is 0 Å². The van der Waals surface area contributed by atoms with Gasteiger partial charge >= 0.3 is 0 Å². The minimum absolute atomic E-state index is 0.510. The molecule has 0 bridgehead atoms. The van der Waals surface area contributed by atoms with Gasteiger partial charge in [0.1, 0.15) is 7.05 Å². The summed E-state index contributed by atoms with van der Waals surface area (Å²) < 4.78 is 4.98. The van der Waals surface area contributed by atoms with Crippen molar-refractivity contribution in [2.45, 2.75) is 71.6 Å². The van der Waals surface area contributed by atoms with Gasteiger partial charge in [-0.1, -0.05) is 51.3 Å². The molecule has 3 aromatic carbocycles. The molecule has 7 rings (SSSR count). The molecule has 176 valence electrons. The first-order valence-electron chi connectivity index (χ1n) is 13.5. The molecule has 1 aliphatic carbocycles. The summed E-state index contributed by atoms with van der Waals surface area (Å²) in [6.45, 7) is 9.19. The number of benzene rings is 3. The van der Waals surface area contributed by atoms with Crippen molar-refractivity contribution in [3.63, 3.8) is 0 Å². The van der Waals surface area contributed by atoms with Crippen molar-refractivity contribution in [1.82, 2.24) is 4.40 Å². The number of pyridine rings is 2. The van der Waals surface area contributed by atoms with Crippen LogP contribution in [-0.4, -0.2) is 4.40 Å². The van der Waals surface area contributed by atoms with Crippen LogP contribution >= 0.6 is 0 Å². The van der Waals surface area contributed by atoms with Crippen LogP contribution in [0.4, 0.5) is 0 Å². The summed E-state index contributed by atoms with van der Waals surface area (Å²) in [6, 6.07) is 17.0. The fourth-order valence-corrected chi connectivity index (χ4v) is 6.97. The van der Waals surface area contributed by atoms with Crippen LogP contribution in [0.1, 0.15) is 80.0 Å². The molecule has 3 aromatic heterocycles. The molecular formula is C33H35N2+. The smallest absolute Gasteiger partial charge is 0.224 e. The molecule has 0 spiro atoms. The van der Waals surface area contributed by atoms with Crippen LogP contribution in [0.25, 0.3) is 49.0 Å². The number of hydrogen-bond donors (Lipinski definition) is 0. The Morgan fingerprint density at radius 2 is 1.66 bits per heavy atom. The highest BCUT2D eigenvalue weighted by Gasteiger charge is 2.26. The maximum atomic E-state index is 2.62. The van der Waals surface area contributed by atoms with E-state index in [1.165, 1.54) is 103 Å². The molecule has 1 fully saturated rings. The molecule has 0 radical (unpaired) electrons. The fraction of sp³-hybridized carbons (Fsp3) is 0.364. The summed E-state index contributed by atoms with van der Waals surface area (Å²) in [5.41, 5.74) is 11.2. The molecule has 35 heavy (non-hydrogen) atoms. The van der Waals surface area contributed by atoms with Gasteiger partial charge in [-0.25, -0.2) is 4.57 Å². The van der Waals surface area contributed by atoms with Gasteiger partial charge in [0.25, 0.3) is 0 Å². The van der Waals surface area contributed by atoms with E-state index in [9.17, 15) is 0 Å². The summed E-state index contributed by atoms with van der Waals surface area (Å²) in [4.78, 5) is 0. The maximum Gasteiger partial charge on any atom is 0.224 e. The lowest BCUT2D eigenvalue weighted by Gasteiger charge is -2.23. The number of aryl methyl sites for hydroxylation is 3. The van der Waals surface area contributed by atoms with Crippen LogP contribution in [-0.2, 0) is 7.05 Å². The first-order valence-corrected chi connectivity index (χ1v) is 13.5. The second-order valence-corrected chi connectivity index (χ2v) is 11.5. The Hall–Kier alpha value is -3.13. The van der Waals surface area contributed by atoms with E-state index in [1.807, 2.05) is 0 Å². The van der Waals surface area contributed by atoms with E-state index in [-0.39, 0.29) is 0 Å². The van der Waals surface area contributed by atoms with Crippen molar-refractivity contribution in [2.24, 2.45) is 7.05 Å². The molecule has 1 saturated carbocycles. The summed E-state index contributed by atoms with van der Waals surface area (Å²) in [6.07, 6.45) is 9.05. The second kappa shape index (κ2) is 7.43. The summed E-state index contributed by atoms with van der Waals surface area (Å²) in [7, 11) is 2.22. The van der Waals surface area contributed by atoms with Crippen molar-refractivity contribution >= 4 is 49.0 Å². The van der Waals surface area contributed by atoms with E-state index in [0.29, 0.717) is 11.8 Å². The third-order valence-corrected chi connectivity index (χ3v) is 9.05. The summed E-state index contributed by atoms with van der Waals surface area (Å²) in [5, 5.41) is 6.97. The zero-order chi connectivity index (χ0) is 24.0. The fourth-order valence-electron chi connectivity index (χ4n) is 6.97. The Labute approximate surface area is 207 Å². The largest absolute Gasteiger partial charge is 0.307 e. The Bertz CT molecular complexity index is 1780. The number of hydrogen-bond acceptors (Lipinski definition) is 0. The monoisotopic (exact) mass is 459 g/mol. The zero-order valence-electron chi connectivity index (χ0n) is 21.7. The average Bonchev–Trinajstić information content (AvgIpc) is 3.19. The molecule has 6 aromatic rings. The number of rotatable bonds is 2. The van der Waals surface area contributed by atoms with Crippen molar-refractivity contribution in [3.05, 3.63) is 70.9 Å². The van der Waals surface area contributed by atoms with Crippen molar-refractivity contribution in [3.8, 4) is 0 Å². The average molecular weight is 460 g/mol. The normalized spacial score (nSPS) is 15.7. The minimum Gasteiger partial charge on any atom is -0.307 e. The second-order valence-electron chi connectivity index (χ2n) is 11.5. The van der Waals surface area contributed by atoms with Crippen LogP contribution in [0.3, 0.4) is 0 Å².